The Hall–Kier alpha value is -0.870. The number of aromatic nitrogens is 2. The van der Waals surface area contributed by atoms with Crippen molar-refractivity contribution in [2.45, 2.75) is 59.8 Å². The molecule has 22 heavy (non-hydrogen) atoms. The molecule has 1 unspecified atom stereocenters. The Bertz CT molecular complexity index is 388. The molecule has 1 N–H and O–H groups in total. The Morgan fingerprint density at radius 3 is 2.68 bits per heavy atom. The molecule has 1 aliphatic heterocycles. The molecule has 1 aromatic heterocycles. The summed E-state index contributed by atoms with van der Waals surface area (Å²) in [5.41, 5.74) is 2.31. The molecule has 0 spiro atoms. The molecule has 1 fully saturated rings. The lowest BCUT2D eigenvalue weighted by atomic mass is 10.0. The largest absolute Gasteiger partial charge is 0.381 e. The minimum absolute atomic E-state index is 0.311. The maximum absolute atomic E-state index is 10.5. The van der Waals surface area contributed by atoms with E-state index in [1.54, 1.807) is 0 Å². The smallest absolute Gasteiger partial charge is 0.132 e. The van der Waals surface area contributed by atoms with E-state index >= 15 is 0 Å². The van der Waals surface area contributed by atoms with Crippen LogP contribution in [0.2, 0.25) is 0 Å². The summed E-state index contributed by atoms with van der Waals surface area (Å²) >= 11 is 5.35. The summed E-state index contributed by atoms with van der Waals surface area (Å²) in [6, 6.07) is 2.11. The Labute approximate surface area is 140 Å². The van der Waals surface area contributed by atoms with Gasteiger partial charge in [0.05, 0.1) is 5.69 Å². The first-order chi connectivity index (χ1) is 10.7. The third-order valence-electron chi connectivity index (χ3n) is 3.26. The van der Waals surface area contributed by atoms with Gasteiger partial charge in [0.25, 0.3) is 0 Å². The van der Waals surface area contributed by atoms with E-state index in [4.69, 9.17) is 16.3 Å². The van der Waals surface area contributed by atoms with Crippen molar-refractivity contribution in [3.05, 3.63) is 17.5 Å². The van der Waals surface area contributed by atoms with Gasteiger partial charge in [0.15, 0.2) is 0 Å². The van der Waals surface area contributed by atoms with Gasteiger partial charge in [-0.1, -0.05) is 20.8 Å². The summed E-state index contributed by atoms with van der Waals surface area (Å²) in [6.45, 7) is 9.73. The summed E-state index contributed by atoms with van der Waals surface area (Å²) in [4.78, 5) is 10.5. The maximum atomic E-state index is 10.5. The topological polar surface area (TPSA) is 55.0 Å². The molecule has 2 heterocycles. The molecular weight excluding hydrogens is 300 g/mol. The van der Waals surface area contributed by atoms with Gasteiger partial charge in [0, 0.05) is 37.6 Å². The average molecular weight is 331 g/mol. The number of ether oxygens (including phenoxy) is 1. The number of H-pyrrole nitrogens is 1. The highest BCUT2D eigenvalue weighted by atomic mass is 35.5. The highest BCUT2D eigenvalue weighted by Crippen LogP contribution is 2.17. The van der Waals surface area contributed by atoms with E-state index in [0.717, 1.165) is 31.7 Å². The minimum Gasteiger partial charge on any atom is -0.381 e. The van der Waals surface area contributed by atoms with Crippen LogP contribution in [0.5, 0.6) is 0 Å². The lowest BCUT2D eigenvalue weighted by Crippen LogP contribution is -2.03. The van der Waals surface area contributed by atoms with E-state index in [1.165, 1.54) is 12.1 Å². The molecule has 2 rings (SSSR count). The van der Waals surface area contributed by atoms with E-state index in [2.05, 4.69) is 16.3 Å². The summed E-state index contributed by atoms with van der Waals surface area (Å²) in [7, 11) is 0. The summed E-state index contributed by atoms with van der Waals surface area (Å²) in [6.07, 6.45) is 4.38. The van der Waals surface area contributed by atoms with Crippen LogP contribution in [0.4, 0.5) is 0 Å². The van der Waals surface area contributed by atoms with Crippen LogP contribution < -0.4 is 0 Å². The molecular formula is C17H31ClN2O2. The molecule has 0 aromatic carbocycles. The number of nitrogens with one attached hydrogen (secondary N) is 1. The summed E-state index contributed by atoms with van der Waals surface area (Å²) in [5, 5.41) is 7.15. The third kappa shape index (κ3) is 9.96. The van der Waals surface area contributed by atoms with Gasteiger partial charge < -0.3 is 4.74 Å². The van der Waals surface area contributed by atoms with Gasteiger partial charge in [-0.25, -0.2) is 0 Å². The number of hydrogen-bond donors (Lipinski definition) is 1. The Morgan fingerprint density at radius 1 is 1.50 bits per heavy atom. The molecule has 0 bridgehead atoms. The first-order valence-corrected chi connectivity index (χ1v) is 8.85. The number of aromatic amines is 1. The molecule has 1 atom stereocenters. The zero-order valence-electron chi connectivity index (χ0n) is 14.5. The number of aryl methyl sites for hydroxylation is 1. The fourth-order valence-electron chi connectivity index (χ4n) is 2.06. The molecule has 128 valence electrons. The predicted octanol–water partition coefficient (Wildman–Crippen LogP) is 4.31. The minimum atomic E-state index is 0.311. The summed E-state index contributed by atoms with van der Waals surface area (Å²) < 4.78 is 5.30. The van der Waals surface area contributed by atoms with Crippen molar-refractivity contribution in [1.82, 2.24) is 10.2 Å². The number of hydrogen-bond acceptors (Lipinski definition) is 3. The first-order valence-electron chi connectivity index (χ1n) is 8.32. The molecule has 0 radical (unpaired) electrons. The van der Waals surface area contributed by atoms with Gasteiger partial charge in [-0.15, -0.1) is 11.6 Å². The number of Topliss-reactive ketones (excluding diaryl/α,β-unsaturated/α-hetero) is 1. The van der Waals surface area contributed by atoms with Gasteiger partial charge in [0.1, 0.15) is 5.78 Å². The number of rotatable bonds is 6. The fraction of sp³-hybridized carbons (Fsp3) is 0.765. The van der Waals surface area contributed by atoms with Crippen molar-refractivity contribution in [2.24, 2.45) is 5.92 Å². The van der Waals surface area contributed by atoms with Crippen molar-refractivity contribution >= 4 is 17.4 Å². The van der Waals surface area contributed by atoms with Gasteiger partial charge >= 0.3 is 0 Å². The molecule has 1 saturated heterocycles. The van der Waals surface area contributed by atoms with E-state index in [0.29, 0.717) is 30.4 Å². The van der Waals surface area contributed by atoms with Crippen molar-refractivity contribution in [1.29, 1.82) is 0 Å². The van der Waals surface area contributed by atoms with Crippen molar-refractivity contribution in [3.63, 3.8) is 0 Å². The first kappa shape index (κ1) is 21.1. The zero-order valence-corrected chi connectivity index (χ0v) is 15.2. The van der Waals surface area contributed by atoms with Crippen LogP contribution >= 0.6 is 11.6 Å². The van der Waals surface area contributed by atoms with Crippen LogP contribution in [0, 0.1) is 12.8 Å². The normalized spacial score (nSPS) is 16.3. The standard InChI is InChI=1S/C9H14N2O.C6H11ClO.C2H6/c1-7-4-9(11-10-7)5-8-2-3-12-6-8;1-2-6(8)4-3-5-7;1-2/h4,8H,2-3,5-6H2,1H3,(H,10,11);2-5H2,1H3;1-2H3. The highest BCUT2D eigenvalue weighted by molar-refractivity contribution is 6.17. The number of nitrogens with zero attached hydrogens (tertiary/aromatic N) is 1. The van der Waals surface area contributed by atoms with Crippen LogP contribution in [0.3, 0.4) is 0 Å². The molecule has 1 aromatic rings. The molecule has 0 saturated carbocycles. The molecule has 5 heteroatoms. The van der Waals surface area contributed by atoms with Gasteiger partial charge in [-0.3, -0.25) is 9.89 Å². The number of carbonyl (C=O) groups is 1. The summed E-state index contributed by atoms with van der Waals surface area (Å²) in [5.74, 6) is 1.60. The zero-order chi connectivity index (χ0) is 16.8. The maximum Gasteiger partial charge on any atom is 0.132 e. The van der Waals surface area contributed by atoms with Crippen LogP contribution in [-0.2, 0) is 16.0 Å². The number of carbonyl (C=O) groups excluding carboxylic acids is 1. The van der Waals surface area contributed by atoms with Crippen LogP contribution in [0.15, 0.2) is 6.07 Å². The highest BCUT2D eigenvalue weighted by Gasteiger charge is 2.16. The van der Waals surface area contributed by atoms with E-state index in [1.807, 2.05) is 27.7 Å². The van der Waals surface area contributed by atoms with Crippen LogP contribution in [0.25, 0.3) is 0 Å². The van der Waals surface area contributed by atoms with E-state index in [9.17, 15) is 4.79 Å². The second kappa shape index (κ2) is 13.8. The molecule has 0 aliphatic carbocycles. The van der Waals surface area contributed by atoms with Crippen molar-refractivity contribution in [3.8, 4) is 0 Å². The van der Waals surface area contributed by atoms with Crippen LogP contribution in [-0.4, -0.2) is 35.1 Å². The molecule has 4 nitrogen and oxygen atoms in total. The van der Waals surface area contributed by atoms with Crippen molar-refractivity contribution < 1.29 is 9.53 Å². The van der Waals surface area contributed by atoms with E-state index in [-0.39, 0.29) is 0 Å². The Balaban J connectivity index is 0.000000388. The SMILES string of the molecule is CC.CCC(=O)CCCCl.Cc1cc(CC2CCOC2)n[nH]1. The average Bonchev–Trinajstić information content (AvgIpc) is 3.20. The Kier molecular flexibility index (Phi) is 13.2. The van der Waals surface area contributed by atoms with Crippen LogP contribution in [0.1, 0.15) is 57.8 Å². The lowest BCUT2D eigenvalue weighted by Gasteiger charge is -2.02. The molecule has 0 amide bonds. The second-order valence-electron chi connectivity index (χ2n) is 5.16. The van der Waals surface area contributed by atoms with Gasteiger partial charge in [-0.05, 0) is 38.2 Å². The number of alkyl halides is 1. The predicted molar refractivity (Wildman–Crippen MR) is 92.6 cm³/mol. The monoisotopic (exact) mass is 330 g/mol. The third-order valence-corrected chi connectivity index (χ3v) is 3.53. The number of ketones is 1. The number of halogens is 1. The van der Waals surface area contributed by atoms with Gasteiger partial charge in [0.2, 0.25) is 0 Å². The molecule has 1 aliphatic rings. The lowest BCUT2D eigenvalue weighted by molar-refractivity contribution is -0.118. The van der Waals surface area contributed by atoms with Gasteiger partial charge in [-0.2, -0.15) is 5.10 Å². The van der Waals surface area contributed by atoms with E-state index < -0.39 is 0 Å². The quantitative estimate of drug-likeness (QED) is 0.791. The Morgan fingerprint density at radius 2 is 2.23 bits per heavy atom. The fourth-order valence-corrected chi connectivity index (χ4v) is 2.19. The van der Waals surface area contributed by atoms with Crippen molar-refractivity contribution in [2.75, 3.05) is 19.1 Å². The second-order valence-corrected chi connectivity index (χ2v) is 5.54.